The molecule has 1 amide bonds. The van der Waals surface area contributed by atoms with Crippen molar-refractivity contribution in [1.82, 2.24) is 9.21 Å². The number of rotatable bonds is 3. The Morgan fingerprint density at radius 3 is 2.22 bits per heavy atom. The van der Waals surface area contributed by atoms with Crippen LogP contribution in [-0.4, -0.2) is 49.7 Å². The molecule has 0 N–H and O–H groups in total. The lowest BCUT2D eigenvalue weighted by molar-refractivity contribution is -0.137. The maximum absolute atomic E-state index is 13.4. The number of likely N-dealkylation sites (tertiary alicyclic amines) is 1. The van der Waals surface area contributed by atoms with Gasteiger partial charge in [-0.25, -0.2) is 17.2 Å². The monoisotopic (exact) mass is 397 g/mol. The number of nitrogens with zero attached hydrogens (tertiary/aromatic N) is 3. The van der Waals surface area contributed by atoms with E-state index in [1.165, 1.54) is 4.31 Å². The van der Waals surface area contributed by atoms with Crippen molar-refractivity contribution < 1.29 is 22.0 Å². The van der Waals surface area contributed by atoms with Crippen LogP contribution in [0.25, 0.3) is 0 Å². The largest absolute Gasteiger partial charge is 0.342 e. The standard InChI is InChI=1S/C18H21F2N3O3S/c19-16-2-1-15(11-17(16)20)27(25,26)23-9-5-14(6-10-23)18(24)22-7-3-13(12-21)4-8-22/h1-2,11,13-14H,3-10H2. The van der Waals surface area contributed by atoms with Crippen LogP contribution in [0.5, 0.6) is 0 Å². The minimum Gasteiger partial charge on any atom is -0.342 e. The first-order valence-corrected chi connectivity index (χ1v) is 10.4. The molecular formula is C18H21F2N3O3S. The highest BCUT2D eigenvalue weighted by molar-refractivity contribution is 7.89. The lowest BCUT2D eigenvalue weighted by Gasteiger charge is -2.35. The summed E-state index contributed by atoms with van der Waals surface area (Å²) >= 11 is 0. The third-order valence-electron chi connectivity index (χ3n) is 5.32. The molecule has 1 aromatic rings. The van der Waals surface area contributed by atoms with Gasteiger partial charge < -0.3 is 4.90 Å². The van der Waals surface area contributed by atoms with Gasteiger partial charge in [-0.1, -0.05) is 0 Å². The molecule has 2 aliphatic rings. The number of carbonyl (C=O) groups excluding carboxylic acids is 1. The summed E-state index contributed by atoms with van der Waals surface area (Å²) in [6, 6.07) is 4.75. The molecule has 2 fully saturated rings. The number of carbonyl (C=O) groups is 1. The van der Waals surface area contributed by atoms with E-state index in [1.807, 2.05) is 0 Å². The SMILES string of the molecule is N#CC1CCN(C(=O)C2CCN(S(=O)(=O)c3ccc(F)c(F)c3)CC2)CC1. The molecule has 0 aromatic heterocycles. The second kappa shape index (κ2) is 7.90. The van der Waals surface area contributed by atoms with Crippen LogP contribution in [0.15, 0.2) is 23.1 Å². The van der Waals surface area contributed by atoms with Crippen molar-refractivity contribution in [2.24, 2.45) is 11.8 Å². The van der Waals surface area contributed by atoms with Gasteiger partial charge in [-0.3, -0.25) is 4.79 Å². The molecule has 0 spiro atoms. The average molecular weight is 397 g/mol. The Kier molecular flexibility index (Phi) is 5.77. The Hall–Kier alpha value is -2.05. The zero-order chi connectivity index (χ0) is 19.6. The molecule has 0 unspecified atom stereocenters. The number of piperidine rings is 2. The summed E-state index contributed by atoms with van der Waals surface area (Å²) in [4.78, 5) is 14.1. The van der Waals surface area contributed by atoms with E-state index in [4.69, 9.17) is 5.26 Å². The number of hydrogen-bond donors (Lipinski definition) is 0. The van der Waals surface area contributed by atoms with Crippen LogP contribution >= 0.6 is 0 Å². The van der Waals surface area contributed by atoms with Gasteiger partial charge in [0.15, 0.2) is 11.6 Å². The maximum atomic E-state index is 13.4. The second-order valence-electron chi connectivity index (χ2n) is 6.98. The molecule has 9 heteroatoms. The Balaban J connectivity index is 1.60. The van der Waals surface area contributed by atoms with E-state index in [1.54, 1.807) is 4.90 Å². The van der Waals surface area contributed by atoms with Crippen molar-refractivity contribution in [2.75, 3.05) is 26.2 Å². The number of nitriles is 1. The second-order valence-corrected chi connectivity index (χ2v) is 8.92. The number of sulfonamides is 1. The predicted octanol–water partition coefficient (Wildman–Crippen LogP) is 2.13. The average Bonchev–Trinajstić information content (AvgIpc) is 2.69. The van der Waals surface area contributed by atoms with E-state index in [2.05, 4.69) is 6.07 Å². The molecular weight excluding hydrogens is 376 g/mol. The first kappa shape index (κ1) is 19.7. The minimum atomic E-state index is -3.92. The molecule has 0 aliphatic carbocycles. The Morgan fingerprint density at radius 2 is 1.67 bits per heavy atom. The summed E-state index contributed by atoms with van der Waals surface area (Å²) in [5, 5.41) is 8.94. The number of amides is 1. The van der Waals surface area contributed by atoms with Crippen LogP contribution in [-0.2, 0) is 14.8 Å². The molecule has 6 nitrogen and oxygen atoms in total. The summed E-state index contributed by atoms with van der Waals surface area (Å²) in [5.74, 6) is -2.55. The molecule has 2 saturated heterocycles. The van der Waals surface area contributed by atoms with Gasteiger partial charge in [0.05, 0.1) is 11.0 Å². The lowest BCUT2D eigenvalue weighted by atomic mass is 9.93. The fourth-order valence-electron chi connectivity index (χ4n) is 3.62. The Labute approximate surface area is 157 Å². The first-order chi connectivity index (χ1) is 12.8. The summed E-state index contributed by atoms with van der Waals surface area (Å²) in [5.41, 5.74) is 0. The number of halogens is 2. The highest BCUT2D eigenvalue weighted by atomic mass is 32.2. The van der Waals surface area contributed by atoms with E-state index in [9.17, 15) is 22.0 Å². The highest BCUT2D eigenvalue weighted by Crippen LogP contribution is 2.27. The molecule has 2 heterocycles. The smallest absolute Gasteiger partial charge is 0.243 e. The zero-order valence-corrected chi connectivity index (χ0v) is 15.6. The maximum Gasteiger partial charge on any atom is 0.243 e. The minimum absolute atomic E-state index is 0.00264. The topological polar surface area (TPSA) is 81.5 Å². The van der Waals surface area contributed by atoms with Crippen molar-refractivity contribution in [1.29, 1.82) is 5.26 Å². The van der Waals surface area contributed by atoms with Gasteiger partial charge in [-0.05, 0) is 43.9 Å². The van der Waals surface area contributed by atoms with Crippen molar-refractivity contribution in [3.8, 4) is 6.07 Å². The molecule has 0 bridgehead atoms. The zero-order valence-electron chi connectivity index (χ0n) is 14.8. The fraction of sp³-hybridized carbons (Fsp3) is 0.556. The molecule has 0 radical (unpaired) electrons. The normalized spacial score (nSPS) is 20.4. The van der Waals surface area contributed by atoms with E-state index >= 15 is 0 Å². The molecule has 0 saturated carbocycles. The lowest BCUT2D eigenvalue weighted by Crippen LogP contribution is -2.46. The van der Waals surface area contributed by atoms with Gasteiger partial charge in [-0.15, -0.1) is 0 Å². The Morgan fingerprint density at radius 1 is 1.04 bits per heavy atom. The van der Waals surface area contributed by atoms with Crippen LogP contribution < -0.4 is 0 Å². The van der Waals surface area contributed by atoms with Crippen molar-refractivity contribution in [2.45, 2.75) is 30.6 Å². The highest BCUT2D eigenvalue weighted by Gasteiger charge is 2.35. The van der Waals surface area contributed by atoms with E-state index < -0.39 is 21.7 Å². The number of benzene rings is 1. The summed E-state index contributed by atoms with van der Waals surface area (Å²) < 4.78 is 52.9. The first-order valence-electron chi connectivity index (χ1n) is 8.96. The third-order valence-corrected chi connectivity index (χ3v) is 7.22. The van der Waals surface area contributed by atoms with Crippen LogP contribution in [0.3, 0.4) is 0 Å². The molecule has 0 atom stereocenters. The van der Waals surface area contributed by atoms with Gasteiger partial charge in [-0.2, -0.15) is 9.57 Å². The van der Waals surface area contributed by atoms with E-state index in [0.717, 1.165) is 12.1 Å². The van der Waals surface area contributed by atoms with Crippen LogP contribution in [0, 0.1) is 34.8 Å². The Bertz CT molecular complexity index is 853. The van der Waals surface area contributed by atoms with Gasteiger partial charge in [0.2, 0.25) is 15.9 Å². The van der Waals surface area contributed by atoms with Crippen LogP contribution in [0.2, 0.25) is 0 Å². The number of hydrogen-bond acceptors (Lipinski definition) is 4. The van der Waals surface area contributed by atoms with Crippen molar-refractivity contribution in [3.63, 3.8) is 0 Å². The van der Waals surface area contributed by atoms with Crippen LogP contribution in [0.4, 0.5) is 8.78 Å². The van der Waals surface area contributed by atoms with Gasteiger partial charge in [0, 0.05) is 38.0 Å². The summed E-state index contributed by atoms with van der Waals surface area (Å²) in [6.07, 6.45) is 2.12. The quantitative estimate of drug-likeness (QED) is 0.782. The van der Waals surface area contributed by atoms with Crippen LogP contribution in [0.1, 0.15) is 25.7 Å². The van der Waals surface area contributed by atoms with E-state index in [-0.39, 0.29) is 35.7 Å². The molecule has 1 aromatic carbocycles. The van der Waals surface area contributed by atoms with Gasteiger partial charge in [0.1, 0.15) is 0 Å². The summed E-state index contributed by atoms with van der Waals surface area (Å²) in [6.45, 7) is 1.44. The molecule has 27 heavy (non-hydrogen) atoms. The third kappa shape index (κ3) is 4.12. The molecule has 2 aliphatic heterocycles. The summed E-state index contributed by atoms with van der Waals surface area (Å²) in [7, 11) is -3.92. The van der Waals surface area contributed by atoms with Crippen molar-refractivity contribution >= 4 is 15.9 Å². The fourth-order valence-corrected chi connectivity index (χ4v) is 5.10. The molecule has 146 valence electrons. The van der Waals surface area contributed by atoms with Gasteiger partial charge in [0.25, 0.3) is 0 Å². The predicted molar refractivity (Wildman–Crippen MR) is 92.8 cm³/mol. The van der Waals surface area contributed by atoms with Crippen molar-refractivity contribution in [3.05, 3.63) is 29.8 Å². The molecule has 3 rings (SSSR count). The van der Waals surface area contributed by atoms with Gasteiger partial charge >= 0.3 is 0 Å². The van der Waals surface area contributed by atoms with E-state index in [0.29, 0.717) is 44.8 Å².